The van der Waals surface area contributed by atoms with Gasteiger partial charge in [0.1, 0.15) is 0 Å². The molecule has 0 amide bonds. The first-order valence-electron chi connectivity index (χ1n) is 9.17. The summed E-state index contributed by atoms with van der Waals surface area (Å²) < 4.78 is 0. The van der Waals surface area contributed by atoms with Crippen LogP contribution in [-0.4, -0.2) is 16.2 Å². The molecule has 1 aliphatic rings. The molecule has 0 spiro atoms. The van der Waals surface area contributed by atoms with Crippen LogP contribution in [0.15, 0.2) is 53.8 Å². The largest absolute Gasteiger partial charge is 0.324 e. The summed E-state index contributed by atoms with van der Waals surface area (Å²) in [5, 5.41) is 3.28. The number of nitrogens with one attached hydrogen (secondary N) is 1. The molecule has 1 N–H and O–H groups in total. The van der Waals surface area contributed by atoms with Crippen molar-refractivity contribution in [3.05, 3.63) is 60.1 Å². The van der Waals surface area contributed by atoms with Gasteiger partial charge in [0, 0.05) is 30.2 Å². The van der Waals surface area contributed by atoms with Gasteiger partial charge in [0.15, 0.2) is 0 Å². The Morgan fingerprint density at radius 3 is 2.56 bits per heavy atom. The number of aryl methyl sites for hydroxylation is 1. The summed E-state index contributed by atoms with van der Waals surface area (Å²) in [6, 6.07) is 10.1. The zero-order valence-electron chi connectivity index (χ0n) is 16.0. The van der Waals surface area contributed by atoms with Gasteiger partial charge in [-0.2, -0.15) is 0 Å². The molecule has 0 aliphatic carbocycles. The van der Waals surface area contributed by atoms with E-state index in [1.165, 1.54) is 5.56 Å². The van der Waals surface area contributed by atoms with Crippen LogP contribution in [0.2, 0.25) is 0 Å². The van der Waals surface area contributed by atoms with Crippen LogP contribution in [0.4, 0.5) is 11.6 Å². The van der Waals surface area contributed by atoms with Gasteiger partial charge in [0.25, 0.3) is 0 Å². The molecule has 0 fully saturated rings. The van der Waals surface area contributed by atoms with Crippen LogP contribution >= 0.6 is 0 Å². The predicted octanol–water partition coefficient (Wildman–Crippen LogP) is 6.04. The van der Waals surface area contributed by atoms with Crippen molar-refractivity contribution in [1.82, 2.24) is 9.97 Å². The summed E-state index contributed by atoms with van der Waals surface area (Å²) in [6.45, 7) is 10.1. The lowest BCUT2D eigenvalue weighted by Gasteiger charge is -2.12. The quantitative estimate of drug-likeness (QED) is 0.742. The van der Waals surface area contributed by atoms with Crippen LogP contribution in [0.5, 0.6) is 0 Å². The van der Waals surface area contributed by atoms with E-state index in [1.54, 1.807) is 6.20 Å². The maximum absolute atomic E-state index is 4.63. The van der Waals surface area contributed by atoms with Gasteiger partial charge in [0.2, 0.25) is 5.95 Å². The van der Waals surface area contributed by atoms with Crippen molar-refractivity contribution in [3.63, 3.8) is 0 Å². The summed E-state index contributed by atoms with van der Waals surface area (Å²) in [7, 11) is 0. The van der Waals surface area contributed by atoms with E-state index in [9.17, 15) is 0 Å². The Morgan fingerprint density at radius 2 is 1.80 bits per heavy atom. The lowest BCUT2D eigenvalue weighted by atomic mass is 10.0. The smallest absolute Gasteiger partial charge is 0.227 e. The van der Waals surface area contributed by atoms with Gasteiger partial charge in [-0.15, -0.1) is 0 Å². The molecule has 1 atom stereocenters. The average molecular weight is 338 g/mol. The van der Waals surface area contributed by atoms with E-state index in [0.717, 1.165) is 24.2 Å². The first-order valence-corrected chi connectivity index (χ1v) is 9.17. The fourth-order valence-electron chi connectivity index (χ4n) is 2.34. The molecule has 134 valence electrons. The van der Waals surface area contributed by atoms with Crippen molar-refractivity contribution in [1.29, 1.82) is 0 Å². The standard InChI is InChI=1S/C17H18N4.2C2H6/c1-13-6-2-3-8-15(13)20-17-19-11-9-16(21-17)14-7-4-5-10-18-12-14;2*1-2/h2-3,5-6,8-12,14H,4,7H2,1H3,(H,19,20,21);2*1-2H3. The van der Waals surface area contributed by atoms with E-state index in [-0.39, 0.29) is 5.92 Å². The Bertz CT molecular complexity index is 677. The Kier molecular flexibility index (Phi) is 9.83. The second kappa shape index (κ2) is 12.0. The van der Waals surface area contributed by atoms with Crippen LogP contribution in [0.25, 0.3) is 0 Å². The number of anilines is 2. The molecule has 3 rings (SSSR count). The second-order valence-electron chi connectivity index (χ2n) is 5.11. The minimum atomic E-state index is 0.250. The third kappa shape index (κ3) is 6.49. The maximum Gasteiger partial charge on any atom is 0.227 e. The Morgan fingerprint density at radius 1 is 1.04 bits per heavy atom. The van der Waals surface area contributed by atoms with Crippen molar-refractivity contribution in [3.8, 4) is 0 Å². The van der Waals surface area contributed by atoms with Gasteiger partial charge in [-0.25, -0.2) is 9.97 Å². The third-order valence-electron chi connectivity index (χ3n) is 3.55. The zero-order valence-corrected chi connectivity index (χ0v) is 16.0. The minimum Gasteiger partial charge on any atom is -0.324 e. The first kappa shape index (κ1) is 20.6. The van der Waals surface area contributed by atoms with Crippen molar-refractivity contribution in [2.24, 2.45) is 4.99 Å². The average Bonchev–Trinajstić information content (AvgIpc) is 2.97. The summed E-state index contributed by atoms with van der Waals surface area (Å²) in [6.07, 6.45) is 9.76. The molecule has 25 heavy (non-hydrogen) atoms. The highest BCUT2D eigenvalue weighted by Gasteiger charge is 2.12. The van der Waals surface area contributed by atoms with Crippen LogP contribution in [-0.2, 0) is 0 Å². The molecule has 2 aromatic rings. The van der Waals surface area contributed by atoms with Gasteiger partial charge < -0.3 is 5.32 Å². The number of rotatable bonds is 3. The number of hydrogen-bond acceptors (Lipinski definition) is 4. The molecule has 0 radical (unpaired) electrons. The number of nitrogens with zero attached hydrogens (tertiary/aromatic N) is 3. The van der Waals surface area contributed by atoms with E-state index in [1.807, 2.05) is 64.4 Å². The molecule has 1 aromatic heterocycles. The number of benzene rings is 1. The van der Waals surface area contributed by atoms with Crippen molar-refractivity contribution in [2.45, 2.75) is 53.4 Å². The number of para-hydroxylation sites is 1. The minimum absolute atomic E-state index is 0.250. The van der Waals surface area contributed by atoms with E-state index in [2.05, 4.69) is 39.3 Å². The third-order valence-corrected chi connectivity index (χ3v) is 3.55. The van der Waals surface area contributed by atoms with Gasteiger partial charge in [-0.1, -0.05) is 52.0 Å². The van der Waals surface area contributed by atoms with E-state index in [0.29, 0.717) is 5.95 Å². The molecular weight excluding hydrogens is 308 g/mol. The second-order valence-corrected chi connectivity index (χ2v) is 5.11. The molecule has 1 unspecified atom stereocenters. The molecule has 0 bridgehead atoms. The highest BCUT2D eigenvalue weighted by atomic mass is 15.1. The van der Waals surface area contributed by atoms with Crippen LogP contribution in [0.3, 0.4) is 0 Å². The van der Waals surface area contributed by atoms with E-state index in [4.69, 9.17) is 0 Å². The van der Waals surface area contributed by atoms with Gasteiger partial charge in [0.05, 0.1) is 5.69 Å². The highest BCUT2D eigenvalue weighted by Crippen LogP contribution is 2.22. The maximum atomic E-state index is 4.63. The number of aromatic nitrogens is 2. The number of allylic oxidation sites excluding steroid dienone is 1. The summed E-state index contributed by atoms with van der Waals surface area (Å²) in [5.41, 5.74) is 3.21. The van der Waals surface area contributed by atoms with Crippen molar-refractivity contribution >= 4 is 17.9 Å². The van der Waals surface area contributed by atoms with Gasteiger partial charge in [-0.05, 0) is 37.5 Å². The van der Waals surface area contributed by atoms with Crippen LogP contribution < -0.4 is 5.32 Å². The monoisotopic (exact) mass is 338 g/mol. The van der Waals surface area contributed by atoms with Gasteiger partial charge >= 0.3 is 0 Å². The molecule has 4 heteroatoms. The van der Waals surface area contributed by atoms with Crippen molar-refractivity contribution < 1.29 is 0 Å². The molecule has 2 heterocycles. The topological polar surface area (TPSA) is 50.2 Å². The van der Waals surface area contributed by atoms with Crippen molar-refractivity contribution in [2.75, 3.05) is 5.32 Å². The number of aliphatic imine (C=N–C) groups is 1. The lowest BCUT2D eigenvalue weighted by Crippen LogP contribution is -2.06. The van der Waals surface area contributed by atoms with E-state index >= 15 is 0 Å². The SMILES string of the molecule is CC.CC.Cc1ccccc1Nc1nccc(C2C=NC=CCC2)n1. The summed E-state index contributed by atoms with van der Waals surface area (Å²) >= 11 is 0. The summed E-state index contributed by atoms with van der Waals surface area (Å²) in [5.74, 6) is 0.882. The Balaban J connectivity index is 0.000000730. The molecule has 1 aromatic carbocycles. The summed E-state index contributed by atoms with van der Waals surface area (Å²) in [4.78, 5) is 13.2. The normalized spacial score (nSPS) is 15.2. The fraction of sp³-hybridized carbons (Fsp3) is 0.381. The molecule has 0 saturated heterocycles. The highest BCUT2D eigenvalue weighted by molar-refractivity contribution is 5.68. The molecule has 1 aliphatic heterocycles. The Labute approximate surface area is 152 Å². The van der Waals surface area contributed by atoms with Crippen LogP contribution in [0, 0.1) is 6.92 Å². The first-order chi connectivity index (χ1) is 12.3. The lowest BCUT2D eigenvalue weighted by molar-refractivity contribution is 0.773. The van der Waals surface area contributed by atoms with Crippen LogP contribution in [0.1, 0.15) is 57.7 Å². The fourth-order valence-corrected chi connectivity index (χ4v) is 2.34. The van der Waals surface area contributed by atoms with Gasteiger partial charge in [-0.3, -0.25) is 4.99 Å². The predicted molar refractivity (Wildman–Crippen MR) is 109 cm³/mol. The van der Waals surface area contributed by atoms with E-state index < -0.39 is 0 Å². The molecule has 4 nitrogen and oxygen atoms in total. The molecule has 0 saturated carbocycles. The zero-order chi connectivity index (χ0) is 18.5. The Hall–Kier alpha value is -2.49. The molecular formula is C21H30N4. The number of hydrogen-bond donors (Lipinski definition) is 1.